The van der Waals surface area contributed by atoms with E-state index in [9.17, 15) is 4.79 Å². The first kappa shape index (κ1) is 13.1. The van der Waals surface area contributed by atoms with Crippen molar-refractivity contribution in [1.82, 2.24) is 4.98 Å². The van der Waals surface area contributed by atoms with E-state index in [0.717, 1.165) is 20.8 Å². The smallest absolute Gasteiger partial charge is 0.307 e. The third kappa shape index (κ3) is 2.53. The van der Waals surface area contributed by atoms with Gasteiger partial charge in [-0.15, -0.1) is 11.3 Å². The van der Waals surface area contributed by atoms with Crippen molar-refractivity contribution in [2.24, 2.45) is 0 Å². The lowest BCUT2D eigenvalue weighted by Gasteiger charge is -2.03. The summed E-state index contributed by atoms with van der Waals surface area (Å²) < 4.78 is 1.12. The summed E-state index contributed by atoms with van der Waals surface area (Å²) in [4.78, 5) is 15.3. The Kier molecular flexibility index (Phi) is 3.42. The summed E-state index contributed by atoms with van der Waals surface area (Å²) in [6.45, 7) is 0. The Bertz CT molecular complexity index is 764. The normalized spacial score (nSPS) is 10.8. The van der Waals surface area contributed by atoms with Gasteiger partial charge in [0.05, 0.1) is 16.6 Å². The first-order valence-corrected chi connectivity index (χ1v) is 7.19. The summed E-state index contributed by atoms with van der Waals surface area (Å²) in [5.74, 6) is -0.889. The average Bonchev–Trinajstić information content (AvgIpc) is 2.84. The highest BCUT2D eigenvalue weighted by Crippen LogP contribution is 2.32. The van der Waals surface area contributed by atoms with E-state index in [-0.39, 0.29) is 6.42 Å². The second-order valence-corrected chi connectivity index (χ2v) is 5.80. The molecule has 0 bridgehead atoms. The minimum Gasteiger partial charge on any atom is -0.481 e. The molecule has 3 rings (SSSR count). The fourth-order valence-electron chi connectivity index (χ4n) is 1.98. The average molecular weight is 304 g/mol. The number of carboxylic acid groups (broad SMARTS) is 1. The summed E-state index contributed by atoms with van der Waals surface area (Å²) in [5, 5.41) is 10.2. The van der Waals surface area contributed by atoms with Crippen LogP contribution < -0.4 is 0 Å². The van der Waals surface area contributed by atoms with Gasteiger partial charge < -0.3 is 5.11 Å². The van der Waals surface area contributed by atoms with Crippen LogP contribution in [0.5, 0.6) is 0 Å². The van der Waals surface area contributed by atoms with Gasteiger partial charge in [0, 0.05) is 10.6 Å². The minimum atomic E-state index is -0.889. The monoisotopic (exact) mass is 303 g/mol. The molecular formula is C15H10ClNO2S. The molecule has 0 unspecified atom stereocenters. The highest BCUT2D eigenvalue weighted by atomic mass is 35.5. The van der Waals surface area contributed by atoms with E-state index in [4.69, 9.17) is 16.7 Å². The molecule has 5 heteroatoms. The summed E-state index contributed by atoms with van der Waals surface area (Å²) in [6.07, 6.45) is -0.0705. The Morgan fingerprint density at radius 3 is 2.75 bits per heavy atom. The molecule has 20 heavy (non-hydrogen) atoms. The number of para-hydroxylation sites is 1. The fourth-order valence-corrected chi connectivity index (χ4v) is 3.19. The van der Waals surface area contributed by atoms with Crippen molar-refractivity contribution < 1.29 is 9.90 Å². The number of fused-ring (bicyclic) bond motifs is 1. The van der Waals surface area contributed by atoms with E-state index in [0.29, 0.717) is 10.6 Å². The molecule has 2 aromatic carbocycles. The molecule has 1 heterocycles. The Labute approximate surface area is 124 Å². The molecule has 0 aliphatic carbocycles. The van der Waals surface area contributed by atoms with E-state index in [1.807, 2.05) is 30.3 Å². The SMILES string of the molecule is O=C(O)Cc1ccc(-c2nc3ccccc3s2)cc1Cl. The molecule has 3 aromatic rings. The molecule has 0 aliphatic heterocycles. The first-order valence-electron chi connectivity index (χ1n) is 5.99. The van der Waals surface area contributed by atoms with Gasteiger partial charge in [-0.3, -0.25) is 4.79 Å². The van der Waals surface area contributed by atoms with Gasteiger partial charge in [-0.1, -0.05) is 35.9 Å². The van der Waals surface area contributed by atoms with Gasteiger partial charge in [0.15, 0.2) is 0 Å². The number of aromatic nitrogens is 1. The quantitative estimate of drug-likeness (QED) is 0.787. The van der Waals surface area contributed by atoms with Crippen molar-refractivity contribution in [3.63, 3.8) is 0 Å². The second kappa shape index (κ2) is 5.23. The van der Waals surface area contributed by atoms with Crippen LogP contribution in [0.2, 0.25) is 5.02 Å². The molecule has 0 saturated heterocycles. The van der Waals surface area contributed by atoms with Crippen molar-refractivity contribution in [3.8, 4) is 10.6 Å². The van der Waals surface area contributed by atoms with Crippen LogP contribution in [-0.4, -0.2) is 16.1 Å². The second-order valence-electron chi connectivity index (χ2n) is 4.36. The number of hydrogen-bond donors (Lipinski definition) is 1. The van der Waals surface area contributed by atoms with E-state index >= 15 is 0 Å². The molecule has 1 aromatic heterocycles. The predicted molar refractivity (Wildman–Crippen MR) is 81.4 cm³/mol. The van der Waals surface area contributed by atoms with Gasteiger partial charge in [-0.05, 0) is 23.8 Å². The van der Waals surface area contributed by atoms with E-state index in [2.05, 4.69) is 4.98 Å². The van der Waals surface area contributed by atoms with E-state index < -0.39 is 5.97 Å². The maximum Gasteiger partial charge on any atom is 0.307 e. The standard InChI is InChI=1S/C15H10ClNO2S/c16-11-7-10(6-5-9(11)8-14(18)19)15-17-12-3-1-2-4-13(12)20-15/h1-7H,8H2,(H,18,19). The lowest BCUT2D eigenvalue weighted by molar-refractivity contribution is -0.136. The van der Waals surface area contributed by atoms with Gasteiger partial charge in [0.25, 0.3) is 0 Å². The number of hydrogen-bond acceptors (Lipinski definition) is 3. The Morgan fingerprint density at radius 2 is 2.05 bits per heavy atom. The number of carboxylic acids is 1. The molecule has 0 fully saturated rings. The maximum atomic E-state index is 10.7. The van der Waals surface area contributed by atoms with Gasteiger partial charge >= 0.3 is 5.97 Å². The highest BCUT2D eigenvalue weighted by Gasteiger charge is 2.10. The number of rotatable bonds is 3. The zero-order valence-electron chi connectivity index (χ0n) is 10.3. The Morgan fingerprint density at radius 1 is 1.25 bits per heavy atom. The molecule has 100 valence electrons. The van der Waals surface area contributed by atoms with Gasteiger partial charge in [-0.25, -0.2) is 4.98 Å². The van der Waals surface area contributed by atoms with Crippen LogP contribution in [0.15, 0.2) is 42.5 Å². The highest BCUT2D eigenvalue weighted by molar-refractivity contribution is 7.21. The number of thiazole rings is 1. The number of aliphatic carboxylic acids is 1. The lowest BCUT2D eigenvalue weighted by atomic mass is 10.1. The van der Waals surface area contributed by atoms with Crippen LogP contribution in [0.25, 0.3) is 20.8 Å². The van der Waals surface area contributed by atoms with E-state index in [1.54, 1.807) is 23.5 Å². The zero-order chi connectivity index (χ0) is 14.1. The zero-order valence-corrected chi connectivity index (χ0v) is 11.9. The summed E-state index contributed by atoms with van der Waals surface area (Å²) in [7, 11) is 0. The van der Waals surface area contributed by atoms with Crippen molar-refractivity contribution in [2.75, 3.05) is 0 Å². The minimum absolute atomic E-state index is 0.0705. The molecule has 0 amide bonds. The van der Waals surface area contributed by atoms with Crippen LogP contribution in [-0.2, 0) is 11.2 Å². The fraction of sp³-hybridized carbons (Fsp3) is 0.0667. The molecule has 3 nitrogen and oxygen atoms in total. The lowest BCUT2D eigenvalue weighted by Crippen LogP contribution is -2.00. The van der Waals surface area contributed by atoms with Crippen molar-refractivity contribution in [1.29, 1.82) is 0 Å². The topological polar surface area (TPSA) is 50.2 Å². The first-order chi connectivity index (χ1) is 9.63. The van der Waals surface area contributed by atoms with Crippen molar-refractivity contribution in [3.05, 3.63) is 53.1 Å². The summed E-state index contributed by atoms with van der Waals surface area (Å²) >= 11 is 7.73. The van der Waals surface area contributed by atoms with Gasteiger partial charge in [0.1, 0.15) is 5.01 Å². The number of halogens is 1. The maximum absolute atomic E-state index is 10.7. The Balaban J connectivity index is 2.01. The van der Waals surface area contributed by atoms with Gasteiger partial charge in [0.2, 0.25) is 0 Å². The number of carbonyl (C=O) groups is 1. The summed E-state index contributed by atoms with van der Waals surface area (Å²) in [5.41, 5.74) is 2.48. The van der Waals surface area contributed by atoms with Crippen LogP contribution in [0.1, 0.15) is 5.56 Å². The predicted octanol–water partition coefficient (Wildman–Crippen LogP) is 4.24. The largest absolute Gasteiger partial charge is 0.481 e. The number of benzene rings is 2. The number of nitrogens with zero attached hydrogens (tertiary/aromatic N) is 1. The van der Waals surface area contributed by atoms with Crippen LogP contribution in [0.3, 0.4) is 0 Å². The van der Waals surface area contributed by atoms with Gasteiger partial charge in [-0.2, -0.15) is 0 Å². The molecular weight excluding hydrogens is 294 g/mol. The molecule has 0 aliphatic rings. The molecule has 1 N–H and O–H groups in total. The third-order valence-corrected chi connectivity index (χ3v) is 4.37. The Hall–Kier alpha value is -1.91. The molecule has 0 spiro atoms. The van der Waals surface area contributed by atoms with Crippen molar-refractivity contribution >= 4 is 39.1 Å². The van der Waals surface area contributed by atoms with Crippen LogP contribution in [0, 0.1) is 0 Å². The third-order valence-electron chi connectivity index (χ3n) is 2.94. The molecule has 0 radical (unpaired) electrons. The van der Waals surface area contributed by atoms with Crippen molar-refractivity contribution in [2.45, 2.75) is 6.42 Å². The van der Waals surface area contributed by atoms with Crippen LogP contribution in [0.4, 0.5) is 0 Å². The summed E-state index contributed by atoms with van der Waals surface area (Å²) in [6, 6.07) is 13.3. The van der Waals surface area contributed by atoms with E-state index in [1.165, 1.54) is 0 Å². The molecule has 0 saturated carbocycles. The molecule has 0 atom stereocenters. The van der Waals surface area contributed by atoms with Crippen LogP contribution >= 0.6 is 22.9 Å².